The Morgan fingerprint density at radius 1 is 0.274 bits per heavy atom. The molecule has 0 rings (SSSR count). The Kier molecular flexibility index (Phi) is 60.2. The topological polar surface area (TPSA) is 78.9 Å². The molecule has 6 heteroatoms. The van der Waals surface area contributed by atoms with Crippen molar-refractivity contribution in [2.45, 2.75) is 361 Å². The lowest BCUT2D eigenvalue weighted by molar-refractivity contribution is -0.167. The minimum absolute atomic E-state index is 0.0716. The molecule has 0 heterocycles. The lowest BCUT2D eigenvalue weighted by atomic mass is 10.0. The van der Waals surface area contributed by atoms with Gasteiger partial charge in [-0.05, 0) is 77.0 Å². The van der Waals surface area contributed by atoms with Crippen molar-refractivity contribution in [3.05, 3.63) is 36.5 Å². The molecule has 73 heavy (non-hydrogen) atoms. The van der Waals surface area contributed by atoms with Crippen LogP contribution in [0.1, 0.15) is 355 Å². The van der Waals surface area contributed by atoms with Crippen LogP contribution in [0.3, 0.4) is 0 Å². The third kappa shape index (κ3) is 60.4. The third-order valence-electron chi connectivity index (χ3n) is 14.6. The summed E-state index contributed by atoms with van der Waals surface area (Å²) in [4.78, 5) is 38.3. The van der Waals surface area contributed by atoms with Crippen molar-refractivity contribution in [2.24, 2.45) is 0 Å². The average molecular weight is 1030 g/mol. The second-order valence-electron chi connectivity index (χ2n) is 22.0. The number of carbonyl (C=O) groups is 3. The molecule has 0 aromatic carbocycles. The van der Waals surface area contributed by atoms with Gasteiger partial charge in [-0.2, -0.15) is 0 Å². The summed E-state index contributed by atoms with van der Waals surface area (Å²) in [6.07, 6.45) is 75.8. The Morgan fingerprint density at radius 2 is 0.493 bits per heavy atom. The Balaban J connectivity index is 4.26. The first-order valence-corrected chi connectivity index (χ1v) is 32.5. The molecule has 0 aliphatic rings. The van der Waals surface area contributed by atoms with Crippen LogP contribution in [0.2, 0.25) is 0 Å². The summed E-state index contributed by atoms with van der Waals surface area (Å²) in [6, 6.07) is 0. The van der Waals surface area contributed by atoms with Gasteiger partial charge in [-0.1, -0.05) is 295 Å². The van der Waals surface area contributed by atoms with Gasteiger partial charge in [0.25, 0.3) is 0 Å². The molecule has 0 spiro atoms. The summed E-state index contributed by atoms with van der Waals surface area (Å²) in [5.41, 5.74) is 0. The van der Waals surface area contributed by atoms with Crippen molar-refractivity contribution in [2.75, 3.05) is 13.2 Å². The molecule has 0 aliphatic carbocycles. The van der Waals surface area contributed by atoms with Crippen LogP contribution < -0.4 is 0 Å². The molecule has 0 aromatic rings. The summed E-state index contributed by atoms with van der Waals surface area (Å²) in [7, 11) is 0. The van der Waals surface area contributed by atoms with Crippen LogP contribution in [0.5, 0.6) is 0 Å². The van der Waals surface area contributed by atoms with E-state index in [0.717, 1.165) is 70.6 Å². The summed E-state index contributed by atoms with van der Waals surface area (Å²) in [5, 5.41) is 0. The largest absolute Gasteiger partial charge is 0.462 e. The van der Waals surface area contributed by atoms with Gasteiger partial charge in [0, 0.05) is 19.3 Å². The fraction of sp³-hybridized carbons (Fsp3) is 0.866. The molecular formula is C67H124O6. The molecule has 0 fully saturated rings. The monoisotopic (exact) mass is 1020 g/mol. The van der Waals surface area contributed by atoms with Crippen LogP contribution in [0.15, 0.2) is 36.5 Å². The normalized spacial score (nSPS) is 12.2. The van der Waals surface area contributed by atoms with E-state index in [2.05, 4.69) is 57.2 Å². The van der Waals surface area contributed by atoms with E-state index < -0.39 is 6.10 Å². The van der Waals surface area contributed by atoms with Gasteiger partial charge >= 0.3 is 17.9 Å². The number of allylic oxidation sites excluding steroid dienone is 6. The van der Waals surface area contributed by atoms with Gasteiger partial charge < -0.3 is 14.2 Å². The highest BCUT2D eigenvalue weighted by Crippen LogP contribution is 2.18. The molecular weight excluding hydrogens is 901 g/mol. The van der Waals surface area contributed by atoms with Gasteiger partial charge in [-0.3, -0.25) is 14.4 Å². The van der Waals surface area contributed by atoms with E-state index in [1.807, 2.05) is 0 Å². The van der Waals surface area contributed by atoms with Crippen LogP contribution in [-0.2, 0) is 28.6 Å². The molecule has 0 aliphatic heterocycles. The zero-order chi connectivity index (χ0) is 52.9. The van der Waals surface area contributed by atoms with E-state index in [0.29, 0.717) is 19.3 Å². The number of rotatable bonds is 60. The molecule has 0 amide bonds. The SMILES string of the molecule is CCCCC/C=C\CCCCCCCC(=O)OCC(COC(=O)CCCCCCCCCCCCC/C=C\C/C=C\CCCCCCC)OC(=O)CCCCCCCCCCCCCCCCCCCCCC. The average Bonchev–Trinajstić information content (AvgIpc) is 3.39. The summed E-state index contributed by atoms with van der Waals surface area (Å²) in [5.74, 6) is -0.859. The van der Waals surface area contributed by atoms with E-state index in [-0.39, 0.29) is 31.1 Å². The summed E-state index contributed by atoms with van der Waals surface area (Å²) in [6.45, 7) is 6.66. The minimum Gasteiger partial charge on any atom is -0.462 e. The lowest BCUT2D eigenvalue weighted by Crippen LogP contribution is -2.30. The van der Waals surface area contributed by atoms with E-state index in [1.165, 1.54) is 244 Å². The molecule has 0 N–H and O–H groups in total. The number of ether oxygens (including phenoxy) is 3. The maximum Gasteiger partial charge on any atom is 0.306 e. The van der Waals surface area contributed by atoms with Crippen molar-refractivity contribution in [1.29, 1.82) is 0 Å². The van der Waals surface area contributed by atoms with E-state index in [4.69, 9.17) is 14.2 Å². The number of hydrogen-bond donors (Lipinski definition) is 0. The third-order valence-corrected chi connectivity index (χ3v) is 14.6. The van der Waals surface area contributed by atoms with Crippen molar-refractivity contribution in [1.82, 2.24) is 0 Å². The lowest BCUT2D eigenvalue weighted by Gasteiger charge is -2.18. The van der Waals surface area contributed by atoms with Gasteiger partial charge in [-0.25, -0.2) is 0 Å². The van der Waals surface area contributed by atoms with Crippen LogP contribution in [0, 0.1) is 0 Å². The fourth-order valence-electron chi connectivity index (χ4n) is 9.71. The Bertz CT molecular complexity index is 1220. The van der Waals surface area contributed by atoms with Gasteiger partial charge in [0.15, 0.2) is 6.10 Å². The Morgan fingerprint density at radius 3 is 0.795 bits per heavy atom. The van der Waals surface area contributed by atoms with E-state index in [9.17, 15) is 14.4 Å². The van der Waals surface area contributed by atoms with E-state index in [1.54, 1.807) is 0 Å². The van der Waals surface area contributed by atoms with Gasteiger partial charge in [-0.15, -0.1) is 0 Å². The van der Waals surface area contributed by atoms with Crippen LogP contribution >= 0.6 is 0 Å². The first kappa shape index (κ1) is 70.6. The van der Waals surface area contributed by atoms with Crippen molar-refractivity contribution in [3.8, 4) is 0 Å². The predicted octanol–water partition coefficient (Wildman–Crippen LogP) is 22.0. The summed E-state index contributed by atoms with van der Waals surface area (Å²) < 4.78 is 16.9. The number of esters is 3. The number of unbranched alkanes of at least 4 members (excludes halogenated alkanes) is 43. The molecule has 0 bridgehead atoms. The minimum atomic E-state index is -0.774. The number of carbonyl (C=O) groups excluding carboxylic acids is 3. The first-order chi connectivity index (χ1) is 36.0. The second kappa shape index (κ2) is 62.2. The molecule has 0 radical (unpaired) electrons. The molecule has 6 nitrogen and oxygen atoms in total. The molecule has 0 aromatic heterocycles. The molecule has 0 saturated heterocycles. The van der Waals surface area contributed by atoms with Gasteiger partial charge in [0.2, 0.25) is 0 Å². The highest BCUT2D eigenvalue weighted by atomic mass is 16.6. The van der Waals surface area contributed by atoms with Crippen LogP contribution in [0.25, 0.3) is 0 Å². The quantitative estimate of drug-likeness (QED) is 0.0261. The van der Waals surface area contributed by atoms with Crippen molar-refractivity contribution < 1.29 is 28.6 Å². The maximum absolute atomic E-state index is 12.9. The highest BCUT2D eigenvalue weighted by molar-refractivity contribution is 5.71. The molecule has 428 valence electrons. The Labute approximate surface area is 455 Å². The van der Waals surface area contributed by atoms with Crippen molar-refractivity contribution >= 4 is 17.9 Å². The number of hydrogen-bond acceptors (Lipinski definition) is 6. The van der Waals surface area contributed by atoms with Crippen molar-refractivity contribution in [3.63, 3.8) is 0 Å². The predicted molar refractivity (Wildman–Crippen MR) is 316 cm³/mol. The van der Waals surface area contributed by atoms with Crippen LogP contribution in [-0.4, -0.2) is 37.2 Å². The molecule has 1 unspecified atom stereocenters. The summed E-state index contributed by atoms with van der Waals surface area (Å²) >= 11 is 0. The molecule has 1 atom stereocenters. The zero-order valence-corrected chi connectivity index (χ0v) is 49.2. The standard InChI is InChI=1S/C67H124O6/c1-4-7-10-13-16-19-22-25-27-29-31-33-34-35-37-38-40-42-45-48-51-54-57-60-66(69)72-63-64(62-71-65(68)59-56-53-50-47-44-24-21-18-15-12-9-6-3)73-67(70)61-58-55-52-49-46-43-41-39-36-32-30-28-26-23-20-17-14-11-8-5-2/h18,21-22,25,29,31,64H,4-17,19-20,23-24,26-28,30,32-63H2,1-3H3/b21-18-,25-22-,31-29-. The van der Waals surface area contributed by atoms with Gasteiger partial charge in [0.05, 0.1) is 0 Å². The zero-order valence-electron chi connectivity index (χ0n) is 49.2. The van der Waals surface area contributed by atoms with Crippen LogP contribution in [0.4, 0.5) is 0 Å². The van der Waals surface area contributed by atoms with Gasteiger partial charge in [0.1, 0.15) is 13.2 Å². The fourth-order valence-corrected chi connectivity index (χ4v) is 9.71. The smallest absolute Gasteiger partial charge is 0.306 e. The Hall–Kier alpha value is -2.37. The molecule has 0 saturated carbocycles. The first-order valence-electron chi connectivity index (χ1n) is 32.5. The second-order valence-corrected chi connectivity index (χ2v) is 22.0. The van der Waals surface area contributed by atoms with E-state index >= 15 is 0 Å². The maximum atomic E-state index is 12.9. The highest BCUT2D eigenvalue weighted by Gasteiger charge is 2.19.